The maximum atomic E-state index is 13.1. The van der Waals surface area contributed by atoms with E-state index in [0.29, 0.717) is 12.0 Å². The lowest BCUT2D eigenvalue weighted by molar-refractivity contribution is 0.229. The van der Waals surface area contributed by atoms with Gasteiger partial charge in [-0.1, -0.05) is 6.92 Å². The van der Waals surface area contributed by atoms with Gasteiger partial charge in [-0.05, 0) is 31.0 Å². The van der Waals surface area contributed by atoms with Crippen molar-refractivity contribution in [3.63, 3.8) is 0 Å². The third-order valence-corrected chi connectivity index (χ3v) is 3.16. The van der Waals surface area contributed by atoms with Crippen molar-refractivity contribution in [3.05, 3.63) is 35.4 Å². The Morgan fingerprint density at radius 3 is 2.19 bits per heavy atom. The van der Waals surface area contributed by atoms with Gasteiger partial charge in [0.25, 0.3) is 0 Å². The van der Waals surface area contributed by atoms with Crippen molar-refractivity contribution in [2.45, 2.75) is 31.7 Å². The van der Waals surface area contributed by atoms with Gasteiger partial charge in [0.2, 0.25) is 0 Å². The number of aliphatic hydroxyl groups excluding tert-OH is 1. The van der Waals surface area contributed by atoms with E-state index >= 15 is 0 Å². The molecule has 0 radical (unpaired) electrons. The summed E-state index contributed by atoms with van der Waals surface area (Å²) in [6.45, 7) is 3.48. The SMILES string of the molecule is CC(N)C(C)(CCO)c1cc(F)cc(F)c1. The molecule has 0 bridgehead atoms. The van der Waals surface area contributed by atoms with E-state index < -0.39 is 17.0 Å². The van der Waals surface area contributed by atoms with Crippen LogP contribution in [0.4, 0.5) is 8.78 Å². The first-order chi connectivity index (χ1) is 7.40. The van der Waals surface area contributed by atoms with Crippen LogP contribution in [-0.4, -0.2) is 17.8 Å². The smallest absolute Gasteiger partial charge is 0.126 e. The molecule has 3 N–H and O–H groups in total. The number of aliphatic hydroxyl groups is 1. The molecule has 0 aliphatic heterocycles. The average Bonchev–Trinajstić information content (AvgIpc) is 2.16. The fraction of sp³-hybridized carbons (Fsp3) is 0.500. The zero-order chi connectivity index (χ0) is 12.3. The summed E-state index contributed by atoms with van der Waals surface area (Å²) in [4.78, 5) is 0. The van der Waals surface area contributed by atoms with Crippen LogP contribution in [0.5, 0.6) is 0 Å². The fourth-order valence-corrected chi connectivity index (χ4v) is 1.75. The van der Waals surface area contributed by atoms with E-state index in [1.165, 1.54) is 12.1 Å². The molecule has 0 saturated heterocycles. The van der Waals surface area contributed by atoms with Crippen LogP contribution in [0.3, 0.4) is 0 Å². The maximum absolute atomic E-state index is 13.1. The van der Waals surface area contributed by atoms with E-state index in [-0.39, 0.29) is 12.6 Å². The maximum Gasteiger partial charge on any atom is 0.126 e. The lowest BCUT2D eigenvalue weighted by Gasteiger charge is -2.33. The van der Waals surface area contributed by atoms with Crippen LogP contribution in [-0.2, 0) is 5.41 Å². The van der Waals surface area contributed by atoms with Gasteiger partial charge in [0.05, 0.1) is 0 Å². The van der Waals surface area contributed by atoms with Crippen LogP contribution >= 0.6 is 0 Å². The minimum atomic E-state index is -0.627. The molecule has 2 unspecified atom stereocenters. The molecule has 0 aliphatic carbocycles. The molecule has 2 atom stereocenters. The van der Waals surface area contributed by atoms with Gasteiger partial charge < -0.3 is 10.8 Å². The summed E-state index contributed by atoms with van der Waals surface area (Å²) in [5.74, 6) is -1.25. The van der Waals surface area contributed by atoms with Crippen LogP contribution < -0.4 is 5.73 Å². The molecule has 4 heteroatoms. The molecule has 2 nitrogen and oxygen atoms in total. The van der Waals surface area contributed by atoms with Gasteiger partial charge >= 0.3 is 0 Å². The highest BCUT2D eigenvalue weighted by atomic mass is 19.1. The van der Waals surface area contributed by atoms with Crippen molar-refractivity contribution in [1.82, 2.24) is 0 Å². The van der Waals surface area contributed by atoms with Gasteiger partial charge in [0.1, 0.15) is 11.6 Å². The minimum Gasteiger partial charge on any atom is -0.396 e. The van der Waals surface area contributed by atoms with Gasteiger partial charge in [0.15, 0.2) is 0 Å². The predicted octanol–water partition coefficient (Wildman–Crippen LogP) is 1.95. The molecule has 0 fully saturated rings. The van der Waals surface area contributed by atoms with Crippen molar-refractivity contribution in [1.29, 1.82) is 0 Å². The van der Waals surface area contributed by atoms with E-state index in [0.717, 1.165) is 6.07 Å². The van der Waals surface area contributed by atoms with Crippen molar-refractivity contribution in [2.24, 2.45) is 5.73 Å². The summed E-state index contributed by atoms with van der Waals surface area (Å²) in [7, 11) is 0. The van der Waals surface area contributed by atoms with Crippen molar-refractivity contribution < 1.29 is 13.9 Å². The lowest BCUT2D eigenvalue weighted by atomic mass is 9.74. The van der Waals surface area contributed by atoms with Crippen LogP contribution in [0.15, 0.2) is 18.2 Å². The second-order valence-corrected chi connectivity index (χ2v) is 4.34. The standard InChI is InChI=1S/C12H17F2NO/c1-8(15)12(2,3-4-16)9-5-10(13)7-11(14)6-9/h5-8,16H,3-4,15H2,1-2H3. The molecule has 0 aromatic heterocycles. The first-order valence-electron chi connectivity index (χ1n) is 5.23. The van der Waals surface area contributed by atoms with Crippen molar-refractivity contribution >= 4 is 0 Å². The van der Waals surface area contributed by atoms with E-state index in [2.05, 4.69) is 0 Å². The van der Waals surface area contributed by atoms with Crippen LogP contribution in [0.2, 0.25) is 0 Å². The molecule has 0 amide bonds. The third-order valence-electron chi connectivity index (χ3n) is 3.16. The van der Waals surface area contributed by atoms with E-state index in [4.69, 9.17) is 10.8 Å². The average molecular weight is 229 g/mol. The second kappa shape index (κ2) is 4.89. The first-order valence-corrected chi connectivity index (χ1v) is 5.23. The van der Waals surface area contributed by atoms with Gasteiger partial charge in [-0.3, -0.25) is 0 Å². The largest absolute Gasteiger partial charge is 0.396 e. The topological polar surface area (TPSA) is 46.2 Å². The molecule has 16 heavy (non-hydrogen) atoms. The highest BCUT2D eigenvalue weighted by molar-refractivity contribution is 5.28. The Labute approximate surface area is 94.1 Å². The number of benzene rings is 1. The third kappa shape index (κ3) is 2.57. The molecule has 0 aliphatic rings. The molecule has 1 aromatic rings. The summed E-state index contributed by atoms with van der Waals surface area (Å²) in [5, 5.41) is 9.01. The number of rotatable bonds is 4. The molecule has 0 saturated carbocycles. The van der Waals surface area contributed by atoms with E-state index in [1.54, 1.807) is 13.8 Å². The van der Waals surface area contributed by atoms with E-state index in [1.807, 2.05) is 0 Å². The summed E-state index contributed by atoms with van der Waals surface area (Å²) in [6, 6.07) is 3.05. The van der Waals surface area contributed by atoms with Gasteiger partial charge in [-0.2, -0.15) is 0 Å². The number of halogens is 2. The van der Waals surface area contributed by atoms with Crippen LogP contribution in [0.25, 0.3) is 0 Å². The van der Waals surface area contributed by atoms with Crippen molar-refractivity contribution in [2.75, 3.05) is 6.61 Å². The molecule has 1 rings (SSSR count). The zero-order valence-electron chi connectivity index (χ0n) is 9.50. The number of hydrogen-bond donors (Lipinski definition) is 2. The molecular formula is C12H17F2NO. The molecular weight excluding hydrogens is 212 g/mol. The first kappa shape index (κ1) is 13.1. The van der Waals surface area contributed by atoms with Crippen molar-refractivity contribution in [3.8, 4) is 0 Å². The second-order valence-electron chi connectivity index (χ2n) is 4.34. The van der Waals surface area contributed by atoms with Gasteiger partial charge in [-0.25, -0.2) is 8.78 Å². The number of nitrogens with two attached hydrogens (primary N) is 1. The number of hydrogen-bond acceptors (Lipinski definition) is 2. The lowest BCUT2D eigenvalue weighted by Crippen LogP contribution is -2.41. The summed E-state index contributed by atoms with van der Waals surface area (Å²) >= 11 is 0. The van der Waals surface area contributed by atoms with Gasteiger partial charge in [-0.15, -0.1) is 0 Å². The zero-order valence-corrected chi connectivity index (χ0v) is 9.50. The molecule has 0 heterocycles. The Morgan fingerprint density at radius 2 is 1.81 bits per heavy atom. The predicted molar refractivity (Wildman–Crippen MR) is 59.1 cm³/mol. The van der Waals surface area contributed by atoms with E-state index in [9.17, 15) is 8.78 Å². The Morgan fingerprint density at radius 1 is 1.31 bits per heavy atom. The Balaban J connectivity index is 3.20. The summed E-state index contributed by atoms with van der Waals surface area (Å²) < 4.78 is 26.2. The normalized spacial score (nSPS) is 16.9. The fourth-order valence-electron chi connectivity index (χ4n) is 1.75. The highest BCUT2D eigenvalue weighted by Crippen LogP contribution is 2.31. The van der Waals surface area contributed by atoms with Crippen LogP contribution in [0.1, 0.15) is 25.8 Å². The minimum absolute atomic E-state index is 0.0732. The molecule has 0 spiro atoms. The van der Waals surface area contributed by atoms with Crippen LogP contribution in [0, 0.1) is 11.6 Å². The molecule has 1 aromatic carbocycles. The van der Waals surface area contributed by atoms with Gasteiger partial charge in [0, 0.05) is 24.1 Å². The Kier molecular flexibility index (Phi) is 3.99. The highest BCUT2D eigenvalue weighted by Gasteiger charge is 2.31. The monoisotopic (exact) mass is 229 g/mol. The summed E-state index contributed by atoms with van der Waals surface area (Å²) in [5.41, 5.74) is 5.69. The summed E-state index contributed by atoms with van der Waals surface area (Å²) in [6.07, 6.45) is 0.369. The Bertz CT molecular complexity index is 348. The quantitative estimate of drug-likeness (QED) is 0.829. The molecule has 90 valence electrons. The Hall–Kier alpha value is -1.00.